The largest absolute Gasteiger partial charge is 0.348 e. The van der Waals surface area contributed by atoms with Gasteiger partial charge in [-0.1, -0.05) is 37.1 Å². The number of carbonyl (C=O) groups excluding carboxylic acids is 1. The van der Waals surface area contributed by atoms with E-state index in [1.807, 2.05) is 18.4 Å². The number of pyridine rings is 1. The van der Waals surface area contributed by atoms with Crippen molar-refractivity contribution in [2.75, 3.05) is 5.32 Å². The first kappa shape index (κ1) is 17.3. The van der Waals surface area contributed by atoms with E-state index in [1.54, 1.807) is 24.3 Å². The molecule has 1 aromatic heterocycles. The first-order valence-electron chi connectivity index (χ1n) is 7.72. The van der Waals surface area contributed by atoms with Gasteiger partial charge >= 0.3 is 0 Å². The van der Waals surface area contributed by atoms with Gasteiger partial charge in [0.25, 0.3) is 5.91 Å². The summed E-state index contributed by atoms with van der Waals surface area (Å²) in [6.07, 6.45) is 2.04. The number of benzene rings is 1. The average Bonchev–Trinajstić information content (AvgIpc) is 2.49. The second-order valence-corrected chi connectivity index (χ2v) is 5.96. The third-order valence-electron chi connectivity index (χ3n) is 3.86. The fourth-order valence-corrected chi connectivity index (χ4v) is 2.78. The van der Waals surface area contributed by atoms with E-state index in [0.29, 0.717) is 16.4 Å². The van der Waals surface area contributed by atoms with Crippen LogP contribution < -0.4 is 10.7 Å². The maximum atomic E-state index is 12.6. The number of hydrogen-bond acceptors (Lipinski definition) is 2. The van der Waals surface area contributed by atoms with Crippen molar-refractivity contribution in [1.82, 2.24) is 4.57 Å². The molecule has 1 heterocycles. The first-order valence-corrected chi connectivity index (χ1v) is 8.10. The van der Waals surface area contributed by atoms with Gasteiger partial charge in [-0.2, -0.15) is 0 Å². The summed E-state index contributed by atoms with van der Waals surface area (Å²) in [7, 11) is 0. The van der Waals surface area contributed by atoms with Crippen LogP contribution in [0.25, 0.3) is 0 Å². The molecule has 0 saturated heterocycles. The molecule has 0 fully saturated rings. The fraction of sp³-hybridized carbons (Fsp3) is 0.333. The number of amides is 1. The van der Waals surface area contributed by atoms with Gasteiger partial charge in [0.15, 0.2) is 5.43 Å². The van der Waals surface area contributed by atoms with E-state index in [1.165, 1.54) is 6.07 Å². The molecule has 0 bridgehead atoms. The molecule has 0 aliphatic rings. The average molecular weight is 333 g/mol. The van der Waals surface area contributed by atoms with Gasteiger partial charge in [-0.05, 0) is 32.4 Å². The molecule has 2 aromatic rings. The number of unbranched alkanes of at least 4 members (excludes halogenated alkanes) is 1. The lowest BCUT2D eigenvalue weighted by atomic mass is 10.1. The molecule has 0 spiro atoms. The number of aryl methyl sites for hydroxylation is 1. The minimum absolute atomic E-state index is 0.173. The Bertz CT molecular complexity index is 781. The van der Waals surface area contributed by atoms with Crippen molar-refractivity contribution in [2.45, 2.75) is 40.2 Å². The van der Waals surface area contributed by atoms with Crippen LogP contribution in [0.2, 0.25) is 5.02 Å². The van der Waals surface area contributed by atoms with Crippen LogP contribution in [0.1, 0.15) is 41.5 Å². The summed E-state index contributed by atoms with van der Waals surface area (Å²) in [5.41, 5.74) is 1.96. The SMILES string of the molecule is CCCCn1c(C)cc(=O)c(C(=O)Nc2ccccc2Cl)c1C. The Hall–Kier alpha value is -2.07. The monoisotopic (exact) mass is 332 g/mol. The number of hydrogen-bond donors (Lipinski definition) is 1. The molecule has 0 atom stereocenters. The third-order valence-corrected chi connectivity index (χ3v) is 4.19. The molecule has 0 radical (unpaired) electrons. The molecule has 1 aromatic carbocycles. The fourth-order valence-electron chi connectivity index (χ4n) is 2.60. The van der Waals surface area contributed by atoms with E-state index in [4.69, 9.17) is 11.6 Å². The highest BCUT2D eigenvalue weighted by Gasteiger charge is 2.18. The molecule has 0 aliphatic heterocycles. The number of nitrogens with one attached hydrogen (secondary N) is 1. The summed E-state index contributed by atoms with van der Waals surface area (Å²) in [5.74, 6) is -0.425. The minimum Gasteiger partial charge on any atom is -0.348 e. The molecule has 1 N–H and O–H groups in total. The molecule has 5 heteroatoms. The number of aromatic nitrogens is 1. The lowest BCUT2D eigenvalue weighted by molar-refractivity contribution is 0.102. The normalized spacial score (nSPS) is 10.6. The molecular weight excluding hydrogens is 312 g/mol. The number of para-hydroxylation sites is 1. The lowest BCUT2D eigenvalue weighted by Crippen LogP contribution is -2.27. The lowest BCUT2D eigenvalue weighted by Gasteiger charge is -2.17. The molecular formula is C18H21ClN2O2. The first-order chi connectivity index (χ1) is 11.0. The van der Waals surface area contributed by atoms with Crippen LogP contribution in [0.4, 0.5) is 5.69 Å². The molecule has 2 rings (SSSR count). The van der Waals surface area contributed by atoms with E-state index in [0.717, 1.165) is 25.1 Å². The van der Waals surface area contributed by atoms with Crippen molar-refractivity contribution in [3.63, 3.8) is 0 Å². The quantitative estimate of drug-likeness (QED) is 0.893. The van der Waals surface area contributed by atoms with Crippen molar-refractivity contribution < 1.29 is 4.79 Å². The van der Waals surface area contributed by atoms with Gasteiger partial charge in [-0.25, -0.2) is 0 Å². The van der Waals surface area contributed by atoms with Crippen LogP contribution in [0.3, 0.4) is 0 Å². The second-order valence-electron chi connectivity index (χ2n) is 5.55. The maximum Gasteiger partial charge on any atom is 0.261 e. The van der Waals surface area contributed by atoms with Gasteiger partial charge in [0.2, 0.25) is 0 Å². The Morgan fingerprint density at radius 2 is 1.96 bits per heavy atom. The Morgan fingerprint density at radius 3 is 2.61 bits per heavy atom. The van der Waals surface area contributed by atoms with Crippen LogP contribution in [0.5, 0.6) is 0 Å². The second kappa shape index (κ2) is 7.47. The molecule has 0 saturated carbocycles. The zero-order valence-electron chi connectivity index (χ0n) is 13.6. The van der Waals surface area contributed by atoms with Gasteiger partial charge in [-0.3, -0.25) is 9.59 Å². The zero-order valence-corrected chi connectivity index (χ0v) is 14.4. The predicted octanol–water partition coefficient (Wildman–Crippen LogP) is 4.17. The van der Waals surface area contributed by atoms with Crippen LogP contribution in [-0.2, 0) is 6.54 Å². The van der Waals surface area contributed by atoms with Crippen LogP contribution in [-0.4, -0.2) is 10.5 Å². The van der Waals surface area contributed by atoms with Crippen molar-refractivity contribution in [3.8, 4) is 0 Å². The predicted molar refractivity (Wildman–Crippen MR) is 94.5 cm³/mol. The smallest absolute Gasteiger partial charge is 0.261 e. The Balaban J connectivity index is 2.40. The molecule has 1 amide bonds. The Kier molecular flexibility index (Phi) is 5.61. The number of anilines is 1. The van der Waals surface area contributed by atoms with Crippen LogP contribution >= 0.6 is 11.6 Å². The van der Waals surface area contributed by atoms with Gasteiger partial charge < -0.3 is 9.88 Å². The van der Waals surface area contributed by atoms with Crippen LogP contribution in [0, 0.1) is 13.8 Å². The summed E-state index contributed by atoms with van der Waals surface area (Å²) >= 11 is 6.06. The number of halogens is 1. The van der Waals surface area contributed by atoms with E-state index in [-0.39, 0.29) is 11.0 Å². The van der Waals surface area contributed by atoms with E-state index < -0.39 is 5.91 Å². The minimum atomic E-state index is -0.425. The van der Waals surface area contributed by atoms with Gasteiger partial charge in [0.05, 0.1) is 10.7 Å². The van der Waals surface area contributed by atoms with Gasteiger partial charge in [0.1, 0.15) is 5.56 Å². The van der Waals surface area contributed by atoms with E-state index >= 15 is 0 Å². The van der Waals surface area contributed by atoms with Crippen molar-refractivity contribution in [2.24, 2.45) is 0 Å². The highest BCUT2D eigenvalue weighted by Crippen LogP contribution is 2.21. The highest BCUT2D eigenvalue weighted by molar-refractivity contribution is 6.33. The van der Waals surface area contributed by atoms with Gasteiger partial charge in [-0.15, -0.1) is 0 Å². The summed E-state index contributed by atoms with van der Waals surface area (Å²) < 4.78 is 2.02. The summed E-state index contributed by atoms with van der Waals surface area (Å²) in [6.45, 7) is 6.60. The number of nitrogens with zero attached hydrogens (tertiary/aromatic N) is 1. The molecule has 0 aliphatic carbocycles. The number of carbonyl (C=O) groups is 1. The molecule has 4 nitrogen and oxygen atoms in total. The topological polar surface area (TPSA) is 51.1 Å². The third kappa shape index (κ3) is 3.82. The van der Waals surface area contributed by atoms with Crippen molar-refractivity contribution >= 4 is 23.2 Å². The molecule has 122 valence electrons. The summed E-state index contributed by atoms with van der Waals surface area (Å²) in [4.78, 5) is 24.9. The highest BCUT2D eigenvalue weighted by atomic mass is 35.5. The van der Waals surface area contributed by atoms with E-state index in [9.17, 15) is 9.59 Å². The van der Waals surface area contributed by atoms with Crippen molar-refractivity contribution in [3.05, 3.63) is 62.5 Å². The molecule has 0 unspecified atom stereocenters. The zero-order chi connectivity index (χ0) is 17.0. The van der Waals surface area contributed by atoms with Gasteiger partial charge in [0, 0.05) is 24.0 Å². The van der Waals surface area contributed by atoms with E-state index in [2.05, 4.69) is 12.2 Å². The maximum absolute atomic E-state index is 12.6. The Morgan fingerprint density at radius 1 is 1.26 bits per heavy atom. The van der Waals surface area contributed by atoms with Crippen molar-refractivity contribution in [1.29, 1.82) is 0 Å². The van der Waals surface area contributed by atoms with Crippen LogP contribution in [0.15, 0.2) is 35.1 Å². The summed E-state index contributed by atoms with van der Waals surface area (Å²) in [5, 5.41) is 3.17. The molecule has 23 heavy (non-hydrogen) atoms. The standard InChI is InChI=1S/C18H21ClN2O2/c1-4-5-10-21-12(2)11-16(22)17(13(21)3)18(23)20-15-9-7-6-8-14(15)19/h6-9,11H,4-5,10H2,1-3H3,(H,20,23). The summed E-state index contributed by atoms with van der Waals surface area (Å²) in [6, 6.07) is 8.48. The Labute approximate surface area is 141 Å². The number of rotatable bonds is 5.